The fraction of sp³-hybridized carbons (Fsp3) is 0.500. The molecule has 0 saturated heterocycles. The predicted octanol–water partition coefficient (Wildman–Crippen LogP) is 1.53. The van der Waals surface area contributed by atoms with Crippen LogP contribution in [0.3, 0.4) is 0 Å². The number of sulfonamides is 1. The number of aryl methyl sites for hydroxylation is 1. The Balaban J connectivity index is 2.62. The van der Waals surface area contributed by atoms with Gasteiger partial charge in [0.2, 0.25) is 15.9 Å². The number of benzene rings is 1. The summed E-state index contributed by atoms with van der Waals surface area (Å²) in [5, 5.41) is 0. The number of carbonyl (C=O) groups excluding carboxylic acids is 1. The zero-order chi connectivity index (χ0) is 15.2. The lowest BCUT2D eigenvalue weighted by Crippen LogP contribution is -2.34. The highest BCUT2D eigenvalue weighted by molar-refractivity contribution is 7.89. The van der Waals surface area contributed by atoms with E-state index in [2.05, 4.69) is 4.72 Å². The third-order valence-electron chi connectivity index (χ3n) is 3.13. The summed E-state index contributed by atoms with van der Waals surface area (Å²) in [4.78, 5) is 13.7. The molecule has 0 bridgehead atoms. The van der Waals surface area contributed by atoms with Gasteiger partial charge in [-0.25, -0.2) is 13.1 Å². The molecule has 1 N–H and O–H groups in total. The Labute approximate surface area is 121 Å². The van der Waals surface area contributed by atoms with E-state index >= 15 is 0 Å². The van der Waals surface area contributed by atoms with Crippen LogP contribution >= 0.6 is 0 Å². The first-order chi connectivity index (χ1) is 9.42. The fourth-order valence-electron chi connectivity index (χ4n) is 1.96. The van der Waals surface area contributed by atoms with E-state index in [9.17, 15) is 13.2 Å². The van der Waals surface area contributed by atoms with Crippen molar-refractivity contribution in [2.75, 3.05) is 19.6 Å². The molecule has 0 atom stereocenters. The monoisotopic (exact) mass is 298 g/mol. The molecule has 0 aliphatic carbocycles. The third-order valence-corrected chi connectivity index (χ3v) is 4.75. The minimum absolute atomic E-state index is 0.0394. The normalized spacial score (nSPS) is 11.3. The van der Waals surface area contributed by atoms with E-state index in [1.54, 1.807) is 36.1 Å². The van der Waals surface area contributed by atoms with Crippen LogP contribution in [0.25, 0.3) is 0 Å². The first-order valence-electron chi connectivity index (χ1n) is 6.75. The maximum Gasteiger partial charge on any atom is 0.240 e. The Morgan fingerprint density at radius 3 is 2.35 bits per heavy atom. The zero-order valence-corrected chi connectivity index (χ0v) is 13.0. The lowest BCUT2D eigenvalue weighted by Gasteiger charge is -2.18. The van der Waals surface area contributed by atoms with Crippen molar-refractivity contribution in [3.8, 4) is 0 Å². The number of carbonyl (C=O) groups is 1. The fourth-order valence-corrected chi connectivity index (χ4v) is 3.24. The van der Waals surface area contributed by atoms with Gasteiger partial charge in [-0.15, -0.1) is 0 Å². The lowest BCUT2D eigenvalue weighted by atomic mass is 10.2. The van der Waals surface area contributed by atoms with Crippen LogP contribution in [-0.4, -0.2) is 38.9 Å². The molecule has 0 unspecified atom stereocenters. The second kappa shape index (κ2) is 7.40. The topological polar surface area (TPSA) is 66.5 Å². The van der Waals surface area contributed by atoms with Gasteiger partial charge in [0.1, 0.15) is 0 Å². The molecule has 5 nitrogen and oxygen atoms in total. The summed E-state index contributed by atoms with van der Waals surface area (Å²) in [6, 6.07) is 6.78. The van der Waals surface area contributed by atoms with Crippen molar-refractivity contribution in [3.63, 3.8) is 0 Å². The van der Waals surface area contributed by atoms with Gasteiger partial charge in [-0.05, 0) is 32.4 Å². The van der Waals surface area contributed by atoms with E-state index in [1.165, 1.54) is 0 Å². The van der Waals surface area contributed by atoms with Gasteiger partial charge in [-0.3, -0.25) is 4.79 Å². The van der Waals surface area contributed by atoms with Crippen molar-refractivity contribution in [2.45, 2.75) is 32.1 Å². The van der Waals surface area contributed by atoms with Crippen molar-refractivity contribution in [2.24, 2.45) is 0 Å². The smallest absolute Gasteiger partial charge is 0.240 e. The van der Waals surface area contributed by atoms with Crippen molar-refractivity contribution in [3.05, 3.63) is 29.8 Å². The Morgan fingerprint density at radius 2 is 1.80 bits per heavy atom. The molecule has 0 radical (unpaired) electrons. The van der Waals surface area contributed by atoms with Gasteiger partial charge in [0.25, 0.3) is 0 Å². The molecular formula is C14H22N2O3S. The molecule has 0 aliphatic rings. The van der Waals surface area contributed by atoms with Crippen LogP contribution in [0.1, 0.15) is 25.8 Å². The standard InChI is InChI=1S/C14H22N2O3S/c1-4-16(5-2)14(17)10-11-15-20(18,19)13-9-7-6-8-12(13)3/h6-9,15H,4-5,10-11H2,1-3H3. The Bertz CT molecular complexity index is 551. The van der Waals surface area contributed by atoms with E-state index in [-0.39, 0.29) is 23.8 Å². The summed E-state index contributed by atoms with van der Waals surface area (Å²) in [6.07, 6.45) is 0.173. The zero-order valence-electron chi connectivity index (χ0n) is 12.2. The highest BCUT2D eigenvalue weighted by atomic mass is 32.2. The number of nitrogens with one attached hydrogen (secondary N) is 1. The number of nitrogens with zero attached hydrogens (tertiary/aromatic N) is 1. The summed E-state index contributed by atoms with van der Waals surface area (Å²) in [7, 11) is -3.55. The van der Waals surface area contributed by atoms with E-state index in [1.807, 2.05) is 13.8 Å². The second-order valence-electron chi connectivity index (χ2n) is 4.48. The van der Waals surface area contributed by atoms with Crippen LogP contribution < -0.4 is 4.72 Å². The molecule has 0 aliphatic heterocycles. The van der Waals surface area contributed by atoms with Gasteiger partial charge >= 0.3 is 0 Å². The Kier molecular flexibility index (Phi) is 6.16. The molecule has 1 aromatic carbocycles. The average Bonchev–Trinajstić information content (AvgIpc) is 2.40. The van der Waals surface area contributed by atoms with Crippen LogP contribution in [-0.2, 0) is 14.8 Å². The van der Waals surface area contributed by atoms with Crippen molar-refractivity contribution < 1.29 is 13.2 Å². The molecule has 0 aromatic heterocycles. The summed E-state index contributed by atoms with van der Waals surface area (Å²) < 4.78 is 26.7. The van der Waals surface area contributed by atoms with Crippen molar-refractivity contribution >= 4 is 15.9 Å². The van der Waals surface area contributed by atoms with Crippen LogP contribution in [0.15, 0.2) is 29.2 Å². The maximum absolute atomic E-state index is 12.1. The summed E-state index contributed by atoms with van der Waals surface area (Å²) in [5.74, 6) is -0.0394. The average molecular weight is 298 g/mol. The first kappa shape index (κ1) is 16.7. The highest BCUT2D eigenvalue weighted by Crippen LogP contribution is 2.13. The largest absolute Gasteiger partial charge is 0.343 e. The van der Waals surface area contributed by atoms with E-state index in [0.717, 1.165) is 0 Å². The minimum atomic E-state index is -3.55. The molecule has 6 heteroatoms. The number of hydrogen-bond donors (Lipinski definition) is 1. The van der Waals surface area contributed by atoms with E-state index < -0.39 is 10.0 Å². The van der Waals surface area contributed by atoms with E-state index in [4.69, 9.17) is 0 Å². The highest BCUT2D eigenvalue weighted by Gasteiger charge is 2.17. The quantitative estimate of drug-likeness (QED) is 0.830. The molecule has 0 fully saturated rings. The van der Waals surface area contributed by atoms with Gasteiger partial charge in [0.05, 0.1) is 4.90 Å². The minimum Gasteiger partial charge on any atom is -0.343 e. The number of hydrogen-bond acceptors (Lipinski definition) is 3. The van der Waals surface area contributed by atoms with Gasteiger partial charge in [-0.2, -0.15) is 0 Å². The Hall–Kier alpha value is -1.40. The third kappa shape index (κ3) is 4.31. The molecular weight excluding hydrogens is 276 g/mol. The van der Waals surface area contributed by atoms with Gasteiger partial charge in [0.15, 0.2) is 0 Å². The van der Waals surface area contributed by atoms with Crippen molar-refractivity contribution in [1.29, 1.82) is 0 Å². The summed E-state index contributed by atoms with van der Waals surface area (Å²) in [6.45, 7) is 6.94. The second-order valence-corrected chi connectivity index (χ2v) is 6.21. The van der Waals surface area contributed by atoms with Crippen molar-refractivity contribution in [1.82, 2.24) is 9.62 Å². The maximum atomic E-state index is 12.1. The van der Waals surface area contributed by atoms with Crippen LogP contribution in [0.5, 0.6) is 0 Å². The molecule has 1 aromatic rings. The molecule has 0 heterocycles. The van der Waals surface area contributed by atoms with Gasteiger partial charge in [0, 0.05) is 26.1 Å². The molecule has 20 heavy (non-hydrogen) atoms. The lowest BCUT2D eigenvalue weighted by molar-refractivity contribution is -0.130. The molecule has 1 amide bonds. The van der Waals surface area contributed by atoms with Gasteiger partial charge in [-0.1, -0.05) is 18.2 Å². The van der Waals surface area contributed by atoms with Crippen LogP contribution in [0.4, 0.5) is 0 Å². The molecule has 1 rings (SSSR count). The predicted molar refractivity (Wildman–Crippen MR) is 78.9 cm³/mol. The summed E-state index contributed by atoms with van der Waals surface area (Å²) in [5.41, 5.74) is 0.690. The number of rotatable bonds is 7. The molecule has 112 valence electrons. The van der Waals surface area contributed by atoms with Crippen LogP contribution in [0, 0.1) is 6.92 Å². The first-order valence-corrected chi connectivity index (χ1v) is 8.23. The number of amides is 1. The van der Waals surface area contributed by atoms with Crippen LogP contribution in [0.2, 0.25) is 0 Å². The molecule has 0 spiro atoms. The Morgan fingerprint density at radius 1 is 1.20 bits per heavy atom. The van der Waals surface area contributed by atoms with E-state index in [0.29, 0.717) is 18.7 Å². The molecule has 0 saturated carbocycles. The summed E-state index contributed by atoms with van der Waals surface area (Å²) >= 11 is 0. The SMILES string of the molecule is CCN(CC)C(=O)CCNS(=O)(=O)c1ccccc1C. The van der Waals surface area contributed by atoms with Gasteiger partial charge < -0.3 is 4.90 Å².